The number of aryl methyl sites for hydroxylation is 3. The number of anilines is 1. The minimum absolute atomic E-state index is 0.178. The van der Waals surface area contributed by atoms with E-state index in [9.17, 15) is 21.4 Å². The van der Waals surface area contributed by atoms with Crippen LogP contribution in [0.2, 0.25) is 0 Å². The summed E-state index contributed by atoms with van der Waals surface area (Å²) in [6.45, 7) is 9.68. The number of para-hydroxylation sites is 1. The summed E-state index contributed by atoms with van der Waals surface area (Å²) in [7, 11) is -7.88. The minimum atomic E-state index is -4.27. The van der Waals surface area contributed by atoms with Crippen molar-refractivity contribution in [3.63, 3.8) is 0 Å². The Kier molecular flexibility index (Phi) is 7.99. The molecule has 0 atom stereocenters. The van der Waals surface area contributed by atoms with Crippen molar-refractivity contribution in [3.05, 3.63) is 84.2 Å². The Morgan fingerprint density at radius 2 is 1.46 bits per heavy atom. The summed E-state index contributed by atoms with van der Waals surface area (Å²) in [6, 6.07) is 20.0. The zero-order valence-corrected chi connectivity index (χ0v) is 21.7. The van der Waals surface area contributed by atoms with Crippen LogP contribution in [-0.4, -0.2) is 26.0 Å². The topological polar surface area (TPSA) is 112 Å². The fraction of sp³-hybridized carbons (Fsp3) is 0.240. The van der Waals surface area contributed by atoms with Crippen molar-refractivity contribution >= 4 is 36.9 Å². The lowest BCUT2D eigenvalue weighted by atomic mass is 10.2. The third kappa shape index (κ3) is 6.08. The molecule has 0 spiro atoms. The second-order valence-corrected chi connectivity index (χ2v) is 11.0. The maximum absolute atomic E-state index is 12.7. The lowest BCUT2D eigenvalue weighted by Crippen LogP contribution is -2.35. The van der Waals surface area contributed by atoms with Gasteiger partial charge in [-0.2, -0.15) is 0 Å². The van der Waals surface area contributed by atoms with Crippen molar-refractivity contribution in [2.45, 2.75) is 50.6 Å². The maximum atomic E-state index is 12.7. The van der Waals surface area contributed by atoms with E-state index in [-0.39, 0.29) is 9.79 Å². The van der Waals surface area contributed by atoms with Crippen molar-refractivity contribution in [3.8, 4) is 0 Å². The van der Waals surface area contributed by atoms with Crippen LogP contribution in [-0.2, 0) is 33.2 Å². The van der Waals surface area contributed by atoms with Gasteiger partial charge in [-0.15, -0.1) is 0 Å². The molecule has 1 aromatic heterocycles. The minimum Gasteiger partial charge on any atom is -0.744 e. The van der Waals surface area contributed by atoms with Crippen LogP contribution in [0.1, 0.15) is 25.2 Å². The molecule has 0 aliphatic rings. The van der Waals surface area contributed by atoms with Crippen LogP contribution in [0.5, 0.6) is 0 Å². The van der Waals surface area contributed by atoms with Gasteiger partial charge in [0.05, 0.1) is 22.9 Å². The molecule has 10 heteroatoms. The third-order valence-corrected chi connectivity index (χ3v) is 7.82. The molecule has 0 amide bonds. The van der Waals surface area contributed by atoms with E-state index in [1.165, 1.54) is 12.1 Å². The molecular formula is C25H29N3O5S2. The molecule has 0 fully saturated rings. The molecule has 0 aliphatic heterocycles. The Bertz CT molecular complexity index is 1530. The highest BCUT2D eigenvalue weighted by Crippen LogP contribution is 2.22. The van der Waals surface area contributed by atoms with E-state index in [1.54, 1.807) is 48.5 Å². The van der Waals surface area contributed by atoms with Crippen molar-refractivity contribution in [1.29, 1.82) is 0 Å². The molecule has 3 aromatic carbocycles. The number of fused-ring (bicyclic) bond motifs is 1. The van der Waals surface area contributed by atoms with Gasteiger partial charge < -0.3 is 4.55 Å². The zero-order chi connectivity index (χ0) is 25.8. The molecule has 4 rings (SSSR count). The summed E-state index contributed by atoms with van der Waals surface area (Å²) >= 11 is 0. The molecule has 0 bridgehead atoms. The Labute approximate surface area is 206 Å². The average Bonchev–Trinajstić information content (AvgIpc) is 3.09. The summed E-state index contributed by atoms with van der Waals surface area (Å²) < 4.78 is 63.5. The van der Waals surface area contributed by atoms with Gasteiger partial charge in [-0.3, -0.25) is 4.72 Å². The molecule has 8 nitrogen and oxygen atoms in total. The van der Waals surface area contributed by atoms with E-state index in [2.05, 4.69) is 34.6 Å². The fourth-order valence-corrected chi connectivity index (χ4v) is 5.38. The van der Waals surface area contributed by atoms with Crippen molar-refractivity contribution < 1.29 is 26.0 Å². The summed E-state index contributed by atoms with van der Waals surface area (Å²) in [6.07, 6.45) is 0. The normalized spacial score (nSPS) is 11.7. The highest BCUT2D eigenvalue weighted by molar-refractivity contribution is 7.92. The van der Waals surface area contributed by atoms with Gasteiger partial charge in [0.1, 0.15) is 10.1 Å². The van der Waals surface area contributed by atoms with E-state index in [4.69, 9.17) is 0 Å². The van der Waals surface area contributed by atoms with E-state index >= 15 is 0 Å². The SMILES string of the molecule is CCn1c(C)[n+](CC)c2ccc(S(=O)(=O)Nc3ccccc3)cc21.Cc1ccc(S(=O)(=O)[O-])cc1. The third-order valence-electron chi connectivity index (χ3n) is 5.59. The largest absolute Gasteiger partial charge is 0.744 e. The van der Waals surface area contributed by atoms with Crippen LogP contribution in [0.25, 0.3) is 11.0 Å². The first-order chi connectivity index (χ1) is 16.5. The lowest BCUT2D eigenvalue weighted by Gasteiger charge is -2.07. The number of benzene rings is 3. The standard InChI is InChI=1S/C18H22N3O2S.C7H8O3S/c1-4-20-14(3)21(5-2)18-13-16(11-12-17(18)20)24(22,23)19-15-9-7-6-8-10-15;1-6-2-4-7(5-3-6)11(8,9)10/h6-13,19H,4-5H2,1-3H3;2-5H,1H3,(H,8,9,10)/q+1;/p-1. The van der Waals surface area contributed by atoms with Gasteiger partial charge in [-0.05, 0) is 57.2 Å². The number of hydrogen-bond acceptors (Lipinski definition) is 5. The lowest BCUT2D eigenvalue weighted by molar-refractivity contribution is -0.674. The summed E-state index contributed by atoms with van der Waals surface area (Å²) in [5.41, 5.74) is 3.48. The van der Waals surface area contributed by atoms with Crippen molar-refractivity contribution in [2.24, 2.45) is 0 Å². The monoisotopic (exact) mass is 515 g/mol. The van der Waals surface area contributed by atoms with Gasteiger partial charge in [0.15, 0.2) is 11.0 Å². The smallest absolute Gasteiger partial charge is 0.262 e. The Morgan fingerprint density at radius 3 is 2.00 bits per heavy atom. The highest BCUT2D eigenvalue weighted by Gasteiger charge is 2.23. The Hall–Kier alpha value is -3.21. The maximum Gasteiger partial charge on any atom is 0.262 e. The predicted octanol–water partition coefficient (Wildman–Crippen LogP) is 3.98. The molecule has 0 saturated heterocycles. The molecule has 1 N–H and O–H groups in total. The van der Waals surface area contributed by atoms with E-state index < -0.39 is 20.1 Å². The second kappa shape index (κ2) is 10.6. The first kappa shape index (κ1) is 26.4. The molecule has 0 aliphatic carbocycles. The Morgan fingerprint density at radius 1 is 0.857 bits per heavy atom. The van der Waals surface area contributed by atoms with Gasteiger partial charge in [0, 0.05) is 18.7 Å². The first-order valence-corrected chi connectivity index (χ1v) is 14.0. The van der Waals surface area contributed by atoms with Gasteiger partial charge in [-0.25, -0.2) is 26.0 Å². The summed E-state index contributed by atoms with van der Waals surface area (Å²) in [4.78, 5) is 0.0948. The molecule has 1 heterocycles. The van der Waals surface area contributed by atoms with Crippen LogP contribution in [0.15, 0.2) is 82.6 Å². The molecular weight excluding hydrogens is 486 g/mol. The van der Waals surface area contributed by atoms with Crippen LogP contribution in [0.4, 0.5) is 5.69 Å². The molecule has 0 saturated carbocycles. The van der Waals surface area contributed by atoms with Gasteiger partial charge in [0.2, 0.25) is 0 Å². The second-order valence-electron chi connectivity index (χ2n) is 7.92. The van der Waals surface area contributed by atoms with Crippen molar-refractivity contribution in [2.75, 3.05) is 4.72 Å². The molecule has 0 radical (unpaired) electrons. The fourth-order valence-electron chi connectivity index (χ4n) is 3.83. The molecule has 186 valence electrons. The number of hydrogen-bond donors (Lipinski definition) is 1. The number of sulfonamides is 1. The van der Waals surface area contributed by atoms with E-state index in [1.807, 2.05) is 19.1 Å². The number of nitrogens with one attached hydrogen (secondary N) is 1. The first-order valence-electron chi connectivity index (χ1n) is 11.1. The average molecular weight is 516 g/mol. The number of aromatic nitrogens is 2. The van der Waals surface area contributed by atoms with Crippen LogP contribution in [0, 0.1) is 13.8 Å². The number of imidazole rings is 1. The van der Waals surface area contributed by atoms with E-state index in [0.717, 1.165) is 35.5 Å². The van der Waals surface area contributed by atoms with Crippen LogP contribution >= 0.6 is 0 Å². The molecule has 4 aromatic rings. The van der Waals surface area contributed by atoms with Gasteiger partial charge >= 0.3 is 0 Å². The van der Waals surface area contributed by atoms with Crippen LogP contribution in [0.3, 0.4) is 0 Å². The van der Waals surface area contributed by atoms with Crippen LogP contribution < -0.4 is 9.29 Å². The predicted molar refractivity (Wildman–Crippen MR) is 135 cm³/mol. The van der Waals surface area contributed by atoms with Crippen molar-refractivity contribution in [1.82, 2.24) is 4.57 Å². The summed E-state index contributed by atoms with van der Waals surface area (Å²) in [5, 5.41) is 0. The number of rotatable bonds is 6. The molecule has 35 heavy (non-hydrogen) atoms. The molecule has 0 unspecified atom stereocenters. The number of nitrogens with zero attached hydrogens (tertiary/aromatic N) is 2. The zero-order valence-electron chi connectivity index (χ0n) is 20.1. The Balaban J connectivity index is 0.000000261. The quantitative estimate of drug-likeness (QED) is 0.308. The highest BCUT2D eigenvalue weighted by atomic mass is 32.2. The van der Waals surface area contributed by atoms with E-state index in [0.29, 0.717) is 5.69 Å². The van der Waals surface area contributed by atoms with Gasteiger partial charge in [-0.1, -0.05) is 35.9 Å². The summed E-state index contributed by atoms with van der Waals surface area (Å²) in [5.74, 6) is 1.13. The van der Waals surface area contributed by atoms with Gasteiger partial charge in [0.25, 0.3) is 15.8 Å².